The van der Waals surface area contributed by atoms with Gasteiger partial charge in [-0.1, -0.05) is 0 Å². The highest BCUT2D eigenvalue weighted by Gasteiger charge is 2.30. The minimum Gasteiger partial charge on any atom is -0.353 e. The van der Waals surface area contributed by atoms with Crippen molar-refractivity contribution >= 4 is 16.9 Å². The second-order valence-corrected chi connectivity index (χ2v) is 4.67. The molecule has 1 fully saturated rings. The molecule has 1 aliphatic rings. The van der Waals surface area contributed by atoms with Gasteiger partial charge in [0, 0.05) is 26.2 Å². The lowest BCUT2D eigenvalue weighted by molar-refractivity contribution is -0.137. The van der Waals surface area contributed by atoms with E-state index in [2.05, 4.69) is 20.2 Å². The number of aromatic nitrogens is 2. The van der Waals surface area contributed by atoms with Gasteiger partial charge in [-0.25, -0.2) is 4.98 Å². The van der Waals surface area contributed by atoms with Crippen LogP contribution in [0.3, 0.4) is 0 Å². The fraction of sp³-hybridized carbons (Fsp3) is 0.385. The molecule has 0 aliphatic carbocycles. The van der Waals surface area contributed by atoms with Crippen molar-refractivity contribution in [1.82, 2.24) is 15.3 Å². The summed E-state index contributed by atoms with van der Waals surface area (Å²) >= 11 is 0. The van der Waals surface area contributed by atoms with E-state index in [9.17, 15) is 13.2 Å². The lowest BCUT2D eigenvalue weighted by Gasteiger charge is -2.28. The molecule has 0 spiro atoms. The van der Waals surface area contributed by atoms with E-state index in [0.29, 0.717) is 11.3 Å². The van der Waals surface area contributed by atoms with Gasteiger partial charge in [-0.15, -0.1) is 0 Å². The van der Waals surface area contributed by atoms with Crippen LogP contribution in [0.1, 0.15) is 5.56 Å². The number of piperazine rings is 1. The number of rotatable bonds is 1. The Morgan fingerprint density at radius 1 is 1.10 bits per heavy atom. The lowest BCUT2D eigenvalue weighted by Crippen LogP contribution is -2.43. The zero-order valence-electron chi connectivity index (χ0n) is 10.6. The van der Waals surface area contributed by atoms with Crippen LogP contribution in [0.4, 0.5) is 19.0 Å². The van der Waals surface area contributed by atoms with E-state index in [4.69, 9.17) is 0 Å². The third-order valence-electron chi connectivity index (χ3n) is 3.30. The summed E-state index contributed by atoms with van der Waals surface area (Å²) in [5.74, 6) is 0.707. The molecule has 0 amide bonds. The lowest BCUT2D eigenvalue weighted by atomic mass is 10.2. The van der Waals surface area contributed by atoms with Crippen molar-refractivity contribution in [2.24, 2.45) is 0 Å². The molecule has 0 radical (unpaired) electrons. The zero-order chi connectivity index (χ0) is 14.2. The van der Waals surface area contributed by atoms with E-state index in [1.54, 1.807) is 0 Å². The molecule has 0 unspecified atom stereocenters. The fourth-order valence-electron chi connectivity index (χ4n) is 2.22. The van der Waals surface area contributed by atoms with Gasteiger partial charge in [0.15, 0.2) is 0 Å². The highest BCUT2D eigenvalue weighted by molar-refractivity contribution is 5.76. The largest absolute Gasteiger partial charge is 0.416 e. The zero-order valence-corrected chi connectivity index (χ0v) is 10.6. The van der Waals surface area contributed by atoms with Gasteiger partial charge in [-0.2, -0.15) is 13.2 Å². The van der Waals surface area contributed by atoms with Crippen LogP contribution >= 0.6 is 0 Å². The molecule has 2 aromatic rings. The number of benzene rings is 1. The minimum atomic E-state index is -4.35. The number of anilines is 1. The molecule has 106 valence electrons. The van der Waals surface area contributed by atoms with Crippen LogP contribution in [0.25, 0.3) is 11.0 Å². The normalized spacial score (nSPS) is 16.6. The van der Waals surface area contributed by atoms with E-state index in [1.165, 1.54) is 12.3 Å². The molecule has 0 atom stereocenters. The first-order valence-electron chi connectivity index (χ1n) is 6.34. The summed E-state index contributed by atoms with van der Waals surface area (Å²) in [6.07, 6.45) is -2.82. The Balaban J connectivity index is 1.96. The summed E-state index contributed by atoms with van der Waals surface area (Å²) in [6, 6.07) is 3.44. The first-order chi connectivity index (χ1) is 9.54. The summed E-state index contributed by atoms with van der Waals surface area (Å²) in [5, 5.41) is 3.23. The molecular formula is C13H13F3N4. The highest BCUT2D eigenvalue weighted by Crippen LogP contribution is 2.30. The maximum atomic E-state index is 12.6. The minimum absolute atomic E-state index is 0.263. The van der Waals surface area contributed by atoms with E-state index in [-0.39, 0.29) is 5.52 Å². The first kappa shape index (κ1) is 13.1. The number of nitrogens with one attached hydrogen (secondary N) is 1. The molecule has 1 aromatic heterocycles. The molecular weight excluding hydrogens is 269 g/mol. The van der Waals surface area contributed by atoms with Gasteiger partial charge in [-0.05, 0) is 18.2 Å². The smallest absolute Gasteiger partial charge is 0.353 e. The van der Waals surface area contributed by atoms with E-state index < -0.39 is 11.7 Å². The van der Waals surface area contributed by atoms with E-state index in [0.717, 1.165) is 38.3 Å². The summed E-state index contributed by atoms with van der Waals surface area (Å²) < 4.78 is 37.9. The second-order valence-electron chi connectivity index (χ2n) is 4.67. The van der Waals surface area contributed by atoms with Gasteiger partial charge in [0.05, 0.1) is 22.8 Å². The van der Waals surface area contributed by atoms with Gasteiger partial charge in [0.1, 0.15) is 5.82 Å². The van der Waals surface area contributed by atoms with Crippen LogP contribution in [0.2, 0.25) is 0 Å². The van der Waals surface area contributed by atoms with E-state index >= 15 is 0 Å². The Morgan fingerprint density at radius 3 is 2.55 bits per heavy atom. The highest BCUT2D eigenvalue weighted by atomic mass is 19.4. The molecule has 0 bridgehead atoms. The summed E-state index contributed by atoms with van der Waals surface area (Å²) in [6.45, 7) is 3.38. The average Bonchev–Trinajstić information content (AvgIpc) is 2.46. The summed E-state index contributed by atoms with van der Waals surface area (Å²) in [5.41, 5.74) is 0.0435. The van der Waals surface area contributed by atoms with Crippen LogP contribution in [0, 0.1) is 0 Å². The molecule has 1 aliphatic heterocycles. The molecule has 4 nitrogen and oxygen atoms in total. The van der Waals surface area contributed by atoms with Crippen LogP contribution in [0.5, 0.6) is 0 Å². The standard InChI is InChI=1S/C13H13F3N4/c14-13(15,16)9-1-2-10-11(7-9)18-8-12(19-10)20-5-3-17-4-6-20/h1-2,7-8,17H,3-6H2. The SMILES string of the molecule is FC(F)(F)c1ccc2nc(N3CCNCC3)cnc2c1. The van der Waals surface area contributed by atoms with Crippen LogP contribution in [0.15, 0.2) is 24.4 Å². The summed E-state index contributed by atoms with van der Waals surface area (Å²) in [4.78, 5) is 10.6. The topological polar surface area (TPSA) is 41.1 Å². The fourth-order valence-corrected chi connectivity index (χ4v) is 2.22. The molecule has 1 saturated heterocycles. The number of halogens is 3. The number of fused-ring (bicyclic) bond motifs is 1. The molecule has 7 heteroatoms. The third kappa shape index (κ3) is 2.53. The predicted octanol–water partition coefficient (Wildman–Crippen LogP) is 2.06. The Morgan fingerprint density at radius 2 is 1.85 bits per heavy atom. The predicted molar refractivity (Wildman–Crippen MR) is 69.6 cm³/mol. The monoisotopic (exact) mass is 282 g/mol. The van der Waals surface area contributed by atoms with Crippen molar-refractivity contribution in [3.8, 4) is 0 Å². The summed E-state index contributed by atoms with van der Waals surface area (Å²) in [7, 11) is 0. The Bertz CT molecular complexity index is 621. The van der Waals surface area contributed by atoms with Crippen LogP contribution in [-0.2, 0) is 6.18 Å². The average molecular weight is 282 g/mol. The Labute approximate surface area is 113 Å². The van der Waals surface area contributed by atoms with Gasteiger partial charge >= 0.3 is 6.18 Å². The van der Waals surface area contributed by atoms with Gasteiger partial charge < -0.3 is 10.2 Å². The molecule has 2 heterocycles. The van der Waals surface area contributed by atoms with Gasteiger partial charge in [0.25, 0.3) is 0 Å². The third-order valence-corrected chi connectivity index (χ3v) is 3.30. The van der Waals surface area contributed by atoms with Crippen molar-refractivity contribution in [1.29, 1.82) is 0 Å². The van der Waals surface area contributed by atoms with Crippen LogP contribution < -0.4 is 10.2 Å². The first-order valence-corrected chi connectivity index (χ1v) is 6.34. The molecule has 0 saturated carbocycles. The van der Waals surface area contributed by atoms with Crippen molar-refractivity contribution in [3.63, 3.8) is 0 Å². The van der Waals surface area contributed by atoms with Crippen molar-refractivity contribution < 1.29 is 13.2 Å². The number of alkyl halides is 3. The molecule has 1 aromatic carbocycles. The van der Waals surface area contributed by atoms with Gasteiger partial charge in [-0.3, -0.25) is 4.98 Å². The molecule has 20 heavy (non-hydrogen) atoms. The van der Waals surface area contributed by atoms with Crippen molar-refractivity contribution in [2.45, 2.75) is 6.18 Å². The van der Waals surface area contributed by atoms with Crippen LogP contribution in [-0.4, -0.2) is 36.1 Å². The quantitative estimate of drug-likeness (QED) is 0.869. The van der Waals surface area contributed by atoms with E-state index in [1.807, 2.05) is 0 Å². The van der Waals surface area contributed by atoms with Crippen molar-refractivity contribution in [3.05, 3.63) is 30.0 Å². The maximum Gasteiger partial charge on any atom is 0.416 e. The Kier molecular flexibility index (Phi) is 3.21. The number of hydrogen-bond acceptors (Lipinski definition) is 4. The number of nitrogens with zero attached hydrogens (tertiary/aromatic N) is 3. The molecule has 3 rings (SSSR count). The maximum absolute atomic E-state index is 12.6. The van der Waals surface area contributed by atoms with Gasteiger partial charge in [0.2, 0.25) is 0 Å². The van der Waals surface area contributed by atoms with Crippen molar-refractivity contribution in [2.75, 3.05) is 31.1 Å². The number of hydrogen-bond donors (Lipinski definition) is 1. The second kappa shape index (κ2) is 4.90. The Hall–Kier alpha value is -1.89. The molecule has 1 N–H and O–H groups in total.